The Labute approximate surface area is 195 Å². The molecular weight excluding hydrogens is 451 g/mol. The minimum Gasteiger partial charge on any atom is -0.349 e. The summed E-state index contributed by atoms with van der Waals surface area (Å²) in [7, 11) is 0. The zero-order valence-electron chi connectivity index (χ0n) is 18.1. The van der Waals surface area contributed by atoms with Crippen LogP contribution in [0.2, 0.25) is 5.02 Å². The Bertz CT molecular complexity index is 1010. The summed E-state index contributed by atoms with van der Waals surface area (Å²) in [5.41, 5.74) is 0.198. The first-order chi connectivity index (χ1) is 15.8. The van der Waals surface area contributed by atoms with Gasteiger partial charge < -0.3 is 20.4 Å². The number of nitrogens with one attached hydrogen (secondary N) is 2. The van der Waals surface area contributed by atoms with Gasteiger partial charge in [0.25, 0.3) is 5.91 Å². The van der Waals surface area contributed by atoms with E-state index in [1.807, 2.05) is 0 Å². The number of carbonyl (C=O) groups excluding carboxylic acids is 4. The Kier molecular flexibility index (Phi) is 5.76. The van der Waals surface area contributed by atoms with Gasteiger partial charge in [0.2, 0.25) is 17.7 Å². The van der Waals surface area contributed by atoms with Crippen LogP contribution in [0.4, 0.5) is 4.39 Å². The van der Waals surface area contributed by atoms with E-state index in [0.717, 1.165) is 31.7 Å². The highest BCUT2D eigenvalue weighted by atomic mass is 35.5. The average Bonchev–Trinajstić information content (AvgIpc) is 3.53. The molecule has 0 aromatic heterocycles. The van der Waals surface area contributed by atoms with Gasteiger partial charge >= 0.3 is 0 Å². The molecule has 0 unspecified atom stereocenters. The van der Waals surface area contributed by atoms with Crippen molar-refractivity contribution in [3.8, 4) is 0 Å². The third-order valence-electron chi connectivity index (χ3n) is 7.37. The quantitative estimate of drug-likeness (QED) is 0.690. The van der Waals surface area contributed by atoms with Crippen molar-refractivity contribution in [1.29, 1.82) is 0 Å². The summed E-state index contributed by atoms with van der Waals surface area (Å²) in [5.74, 6) is -1.60. The number of carbonyl (C=O) groups is 4. The zero-order chi connectivity index (χ0) is 23.3. The van der Waals surface area contributed by atoms with Crippen molar-refractivity contribution in [3.63, 3.8) is 0 Å². The SMILES string of the molecule is O=C(N[C@H]1C[C@@H]2C(=O)N[C@H]3CCN(C(=O)C4CCCC4)[C@@H]3C(=O)N2C1)c1ccc(F)c(Cl)c1. The summed E-state index contributed by atoms with van der Waals surface area (Å²) in [6.07, 6.45) is 4.58. The molecule has 2 N–H and O–H groups in total. The van der Waals surface area contributed by atoms with E-state index in [1.165, 1.54) is 17.0 Å². The number of benzene rings is 1. The van der Waals surface area contributed by atoms with Gasteiger partial charge in [0, 0.05) is 30.6 Å². The molecular formula is C23H26ClFN4O4. The largest absolute Gasteiger partial charge is 0.349 e. The fourth-order valence-corrected chi connectivity index (χ4v) is 5.87. The zero-order valence-corrected chi connectivity index (χ0v) is 18.8. The van der Waals surface area contributed by atoms with E-state index >= 15 is 0 Å². The van der Waals surface area contributed by atoms with Crippen molar-refractivity contribution < 1.29 is 23.6 Å². The predicted molar refractivity (Wildman–Crippen MR) is 117 cm³/mol. The van der Waals surface area contributed by atoms with E-state index in [2.05, 4.69) is 10.6 Å². The molecule has 4 atom stereocenters. The van der Waals surface area contributed by atoms with Crippen LogP contribution in [0.1, 0.15) is 48.9 Å². The number of rotatable bonds is 3. The van der Waals surface area contributed by atoms with Crippen LogP contribution in [-0.4, -0.2) is 70.7 Å². The molecule has 3 aliphatic heterocycles. The molecule has 0 bridgehead atoms. The molecule has 10 heteroatoms. The molecule has 3 saturated heterocycles. The number of amides is 4. The Hall–Kier alpha value is -2.68. The number of fused-ring (bicyclic) bond motifs is 2. The van der Waals surface area contributed by atoms with Crippen molar-refractivity contribution in [2.45, 2.75) is 62.7 Å². The normalized spacial score (nSPS) is 29.5. The maximum atomic E-state index is 13.5. The third kappa shape index (κ3) is 3.96. The summed E-state index contributed by atoms with van der Waals surface area (Å²) < 4.78 is 13.4. The van der Waals surface area contributed by atoms with Gasteiger partial charge in [-0.3, -0.25) is 19.2 Å². The van der Waals surface area contributed by atoms with Gasteiger partial charge in [0.05, 0.1) is 11.1 Å². The van der Waals surface area contributed by atoms with E-state index in [4.69, 9.17) is 11.6 Å². The maximum absolute atomic E-state index is 13.5. The van der Waals surface area contributed by atoms with Crippen LogP contribution in [0, 0.1) is 11.7 Å². The summed E-state index contributed by atoms with van der Waals surface area (Å²) in [5, 5.41) is 5.64. The first kappa shape index (κ1) is 22.1. The highest BCUT2D eigenvalue weighted by Crippen LogP contribution is 2.33. The van der Waals surface area contributed by atoms with Crippen molar-refractivity contribution in [2.24, 2.45) is 5.92 Å². The Morgan fingerprint density at radius 3 is 2.64 bits per heavy atom. The first-order valence-corrected chi connectivity index (χ1v) is 11.9. The fourth-order valence-electron chi connectivity index (χ4n) is 5.69. The van der Waals surface area contributed by atoms with E-state index in [9.17, 15) is 23.6 Å². The number of halogens is 2. The van der Waals surface area contributed by atoms with E-state index in [1.54, 1.807) is 4.90 Å². The van der Waals surface area contributed by atoms with Gasteiger partial charge in [0.15, 0.2) is 0 Å². The predicted octanol–water partition coefficient (Wildman–Crippen LogP) is 1.47. The summed E-state index contributed by atoms with van der Waals surface area (Å²) in [6.45, 7) is 0.632. The summed E-state index contributed by atoms with van der Waals surface area (Å²) in [6, 6.07) is 1.47. The van der Waals surface area contributed by atoms with Crippen LogP contribution in [0.25, 0.3) is 0 Å². The summed E-state index contributed by atoms with van der Waals surface area (Å²) in [4.78, 5) is 55.3. The van der Waals surface area contributed by atoms with Crippen molar-refractivity contribution in [3.05, 3.63) is 34.6 Å². The molecule has 33 heavy (non-hydrogen) atoms. The summed E-state index contributed by atoms with van der Waals surface area (Å²) >= 11 is 5.78. The molecule has 4 amide bonds. The van der Waals surface area contributed by atoms with Crippen LogP contribution in [0.15, 0.2) is 18.2 Å². The molecule has 1 aromatic carbocycles. The third-order valence-corrected chi connectivity index (χ3v) is 7.66. The van der Waals surface area contributed by atoms with E-state index in [0.29, 0.717) is 13.0 Å². The van der Waals surface area contributed by atoms with E-state index in [-0.39, 0.29) is 53.2 Å². The Balaban J connectivity index is 1.31. The lowest BCUT2D eigenvalue weighted by molar-refractivity contribution is -0.146. The number of hydrogen-bond acceptors (Lipinski definition) is 4. The monoisotopic (exact) mass is 476 g/mol. The average molecular weight is 477 g/mol. The van der Waals surface area contributed by atoms with Crippen LogP contribution in [-0.2, 0) is 14.4 Å². The van der Waals surface area contributed by atoms with Gasteiger partial charge in [-0.1, -0.05) is 24.4 Å². The highest BCUT2D eigenvalue weighted by Gasteiger charge is 2.53. The van der Waals surface area contributed by atoms with Crippen LogP contribution >= 0.6 is 11.6 Å². The smallest absolute Gasteiger partial charge is 0.251 e. The molecule has 3 heterocycles. The van der Waals surface area contributed by atoms with Crippen LogP contribution < -0.4 is 10.6 Å². The lowest BCUT2D eigenvalue weighted by Crippen LogP contribution is -2.53. The molecule has 4 aliphatic rings. The molecule has 176 valence electrons. The molecule has 0 spiro atoms. The second kappa shape index (κ2) is 8.59. The Morgan fingerprint density at radius 1 is 1.15 bits per heavy atom. The van der Waals surface area contributed by atoms with Crippen molar-refractivity contribution >= 4 is 35.2 Å². The molecule has 4 fully saturated rings. The number of hydrogen-bond donors (Lipinski definition) is 2. The molecule has 1 aromatic rings. The molecule has 1 saturated carbocycles. The number of likely N-dealkylation sites (tertiary alicyclic amines) is 1. The Morgan fingerprint density at radius 2 is 1.91 bits per heavy atom. The fraction of sp³-hybridized carbons (Fsp3) is 0.565. The molecule has 5 rings (SSSR count). The van der Waals surface area contributed by atoms with Gasteiger partial charge in [-0.2, -0.15) is 0 Å². The number of nitrogens with zero attached hydrogens (tertiary/aromatic N) is 2. The lowest BCUT2D eigenvalue weighted by atomic mass is 10.0. The second-order valence-corrected chi connectivity index (χ2v) is 9.81. The topological polar surface area (TPSA) is 98.8 Å². The second-order valence-electron chi connectivity index (χ2n) is 9.40. The van der Waals surface area contributed by atoms with Gasteiger partial charge in [-0.05, 0) is 43.9 Å². The van der Waals surface area contributed by atoms with Gasteiger partial charge in [0.1, 0.15) is 17.9 Å². The minimum absolute atomic E-state index is 0.0123. The van der Waals surface area contributed by atoms with Gasteiger partial charge in [-0.15, -0.1) is 0 Å². The molecule has 1 aliphatic carbocycles. The van der Waals surface area contributed by atoms with Crippen LogP contribution in [0.5, 0.6) is 0 Å². The maximum Gasteiger partial charge on any atom is 0.251 e. The van der Waals surface area contributed by atoms with Crippen molar-refractivity contribution in [2.75, 3.05) is 13.1 Å². The van der Waals surface area contributed by atoms with Crippen molar-refractivity contribution in [1.82, 2.24) is 20.4 Å². The van der Waals surface area contributed by atoms with Gasteiger partial charge in [-0.25, -0.2) is 4.39 Å². The minimum atomic E-state index is -0.700. The molecule has 8 nitrogen and oxygen atoms in total. The van der Waals surface area contributed by atoms with E-state index < -0.39 is 29.8 Å². The van der Waals surface area contributed by atoms with Crippen LogP contribution in [0.3, 0.4) is 0 Å². The highest BCUT2D eigenvalue weighted by molar-refractivity contribution is 6.31. The standard InChI is InChI=1S/C23H26ClFN4O4/c24-15-9-13(5-6-16(15)25)20(30)26-14-10-18-21(31)27-17-7-8-28(19(17)23(33)29(18)11-14)22(32)12-3-1-2-4-12/h5-6,9,12,14,17-19H,1-4,7-8,10-11H2,(H,26,30)(H,27,31)/t14-,17-,18+,19-/m0/s1. The first-order valence-electron chi connectivity index (χ1n) is 11.5. The lowest BCUT2D eigenvalue weighted by Gasteiger charge is -2.30. The molecule has 0 radical (unpaired) electrons.